The third kappa shape index (κ3) is 7.03. The molecule has 3 N–H and O–H groups in total. The van der Waals surface area contributed by atoms with Crippen LogP contribution in [0.2, 0.25) is 0 Å². The molecule has 0 fully saturated rings. The van der Waals surface area contributed by atoms with Crippen molar-refractivity contribution in [3.05, 3.63) is 75.5 Å². The van der Waals surface area contributed by atoms with Gasteiger partial charge in [0, 0.05) is 17.7 Å². The smallest absolute Gasteiger partial charge is 0.328 e. The van der Waals surface area contributed by atoms with Gasteiger partial charge < -0.3 is 19.8 Å². The molecule has 0 bridgehead atoms. The van der Waals surface area contributed by atoms with Crippen molar-refractivity contribution in [3.63, 3.8) is 0 Å². The fourth-order valence-corrected chi connectivity index (χ4v) is 5.75. The number of aryl methyl sites for hydroxylation is 3. The summed E-state index contributed by atoms with van der Waals surface area (Å²) < 4.78 is 38.8. The van der Waals surface area contributed by atoms with Gasteiger partial charge in [0.15, 0.2) is 0 Å². The number of carbonyl (C=O) groups excluding carboxylic acids is 3. The number of rotatable bonds is 11. The molecule has 1 aliphatic carbocycles. The molecule has 1 aliphatic rings. The second-order valence-electron chi connectivity index (χ2n) is 9.60. The first-order chi connectivity index (χ1) is 20.0. The lowest BCUT2D eigenvalue weighted by atomic mass is 9.89. The van der Waals surface area contributed by atoms with Gasteiger partial charge in [-0.05, 0) is 87.6 Å². The number of amides is 1. The van der Waals surface area contributed by atoms with Crippen molar-refractivity contribution in [2.45, 2.75) is 57.4 Å². The molecule has 0 saturated carbocycles. The molecule has 1 amide bonds. The molecule has 0 radical (unpaired) electrons. The Morgan fingerprint density at radius 2 is 1.74 bits per heavy atom. The lowest BCUT2D eigenvalue weighted by Gasteiger charge is -2.19. The molecule has 1 atom stereocenters. The maximum absolute atomic E-state index is 13.2. The summed E-state index contributed by atoms with van der Waals surface area (Å²) in [7, 11) is -4.05. The van der Waals surface area contributed by atoms with E-state index in [1.165, 1.54) is 36.4 Å². The maximum Gasteiger partial charge on any atom is 0.328 e. The third-order valence-corrected chi connectivity index (χ3v) is 8.00. The quantitative estimate of drug-likeness (QED) is 0.281. The first-order valence-electron chi connectivity index (χ1n) is 13.5. The molecular weight excluding hydrogens is 564 g/mol. The standard InChI is InChI=1S/C29H32N4O8S/c1-4-40-25(34)15-14-24(29(37)41-5-2)32-27(35)19-6-10-20(11-7-19)33-42(38,39)21-12-8-18-9-13-23-26(22(18)16-21)28(36)31-17(3)30-23/h6-8,10-12,16,24,33H,4-5,9,13-15H2,1-3H3,(H,32,35)(H,30,31,36)/t24-/m1/s1. The van der Waals surface area contributed by atoms with Crippen molar-refractivity contribution in [1.82, 2.24) is 15.3 Å². The van der Waals surface area contributed by atoms with Crippen LogP contribution in [0.25, 0.3) is 11.1 Å². The highest BCUT2D eigenvalue weighted by atomic mass is 32.2. The number of sulfonamides is 1. The van der Waals surface area contributed by atoms with Crippen LogP contribution >= 0.6 is 0 Å². The average Bonchev–Trinajstić information content (AvgIpc) is 2.94. The molecule has 1 heterocycles. The second kappa shape index (κ2) is 13.0. The highest BCUT2D eigenvalue weighted by molar-refractivity contribution is 7.92. The van der Waals surface area contributed by atoms with E-state index in [0.717, 1.165) is 5.56 Å². The van der Waals surface area contributed by atoms with Crippen LogP contribution in [0.3, 0.4) is 0 Å². The fourth-order valence-electron chi connectivity index (χ4n) is 4.66. The largest absolute Gasteiger partial charge is 0.466 e. The minimum atomic E-state index is -4.05. The van der Waals surface area contributed by atoms with E-state index >= 15 is 0 Å². The van der Waals surface area contributed by atoms with Crippen molar-refractivity contribution < 1.29 is 32.3 Å². The first kappa shape index (κ1) is 30.4. The van der Waals surface area contributed by atoms with E-state index in [0.29, 0.717) is 35.5 Å². The van der Waals surface area contributed by atoms with Gasteiger partial charge >= 0.3 is 11.9 Å². The lowest BCUT2D eigenvalue weighted by Crippen LogP contribution is -2.42. The Morgan fingerprint density at radius 3 is 2.43 bits per heavy atom. The number of anilines is 1. The molecule has 0 unspecified atom stereocenters. The van der Waals surface area contributed by atoms with Crippen LogP contribution in [0.5, 0.6) is 0 Å². The van der Waals surface area contributed by atoms with Crippen molar-refractivity contribution in [2.75, 3.05) is 17.9 Å². The van der Waals surface area contributed by atoms with E-state index < -0.39 is 33.9 Å². The summed E-state index contributed by atoms with van der Waals surface area (Å²) in [6.45, 7) is 5.29. The van der Waals surface area contributed by atoms with Gasteiger partial charge in [0.1, 0.15) is 11.9 Å². The van der Waals surface area contributed by atoms with Crippen LogP contribution in [0.4, 0.5) is 5.69 Å². The summed E-state index contributed by atoms with van der Waals surface area (Å²) in [5.74, 6) is -1.29. The summed E-state index contributed by atoms with van der Waals surface area (Å²) in [6.07, 6.45) is 1.13. The number of nitrogens with one attached hydrogen (secondary N) is 3. The van der Waals surface area contributed by atoms with Crippen molar-refractivity contribution in [3.8, 4) is 11.1 Å². The van der Waals surface area contributed by atoms with Gasteiger partial charge in [0.25, 0.3) is 21.5 Å². The highest BCUT2D eigenvalue weighted by Gasteiger charge is 2.26. The van der Waals surface area contributed by atoms with Crippen LogP contribution < -0.4 is 15.6 Å². The molecule has 12 nitrogen and oxygen atoms in total. The number of fused-ring (bicyclic) bond motifs is 3. The fraction of sp³-hybridized carbons (Fsp3) is 0.345. The Bertz CT molecular complexity index is 1670. The van der Waals surface area contributed by atoms with Gasteiger partial charge in [-0.3, -0.25) is 19.1 Å². The molecule has 13 heteroatoms. The molecule has 4 rings (SSSR count). The number of aromatic amines is 1. The molecule has 0 aliphatic heterocycles. The van der Waals surface area contributed by atoms with Gasteiger partial charge in [-0.2, -0.15) is 0 Å². The van der Waals surface area contributed by atoms with Crippen molar-refractivity contribution in [1.29, 1.82) is 0 Å². The van der Waals surface area contributed by atoms with Crippen molar-refractivity contribution >= 4 is 33.6 Å². The number of aromatic nitrogens is 2. The van der Waals surface area contributed by atoms with Crippen LogP contribution in [0.15, 0.2) is 52.2 Å². The second-order valence-corrected chi connectivity index (χ2v) is 11.3. The minimum absolute atomic E-state index is 0.00587. The summed E-state index contributed by atoms with van der Waals surface area (Å²) in [5, 5.41) is 2.56. The number of hydrogen-bond donors (Lipinski definition) is 3. The predicted molar refractivity (Wildman–Crippen MR) is 153 cm³/mol. The Morgan fingerprint density at radius 1 is 1.02 bits per heavy atom. The maximum atomic E-state index is 13.2. The molecule has 0 saturated heterocycles. The zero-order chi connectivity index (χ0) is 30.4. The van der Waals surface area contributed by atoms with E-state index in [4.69, 9.17) is 9.47 Å². The molecule has 3 aromatic rings. The minimum Gasteiger partial charge on any atom is -0.466 e. The average molecular weight is 597 g/mol. The number of carbonyl (C=O) groups is 3. The van der Waals surface area contributed by atoms with Gasteiger partial charge in [-0.1, -0.05) is 6.07 Å². The van der Waals surface area contributed by atoms with Gasteiger partial charge in [-0.15, -0.1) is 0 Å². The predicted octanol–water partition coefficient (Wildman–Crippen LogP) is 2.65. The Kier molecular flexibility index (Phi) is 9.41. The summed E-state index contributed by atoms with van der Waals surface area (Å²) in [5.41, 5.74) is 2.43. The normalized spacial score (nSPS) is 12.8. The molecule has 42 heavy (non-hydrogen) atoms. The summed E-state index contributed by atoms with van der Waals surface area (Å²) >= 11 is 0. The Hall–Kier alpha value is -4.52. The van der Waals surface area contributed by atoms with Crippen LogP contribution in [0, 0.1) is 6.92 Å². The number of ether oxygens (including phenoxy) is 2. The Balaban J connectivity index is 1.48. The molecule has 2 aromatic carbocycles. The topological polar surface area (TPSA) is 174 Å². The van der Waals surface area contributed by atoms with Crippen LogP contribution in [0.1, 0.15) is 54.1 Å². The first-order valence-corrected chi connectivity index (χ1v) is 15.0. The third-order valence-electron chi connectivity index (χ3n) is 6.62. The van der Waals surface area contributed by atoms with E-state index in [-0.39, 0.29) is 47.8 Å². The number of nitrogens with zero attached hydrogens (tertiary/aromatic N) is 1. The zero-order valence-electron chi connectivity index (χ0n) is 23.5. The SMILES string of the molecule is CCOC(=O)CC[C@@H](NC(=O)c1ccc(NS(=O)(=O)c2ccc3c(c2)-c2c(nc(C)[nH]c2=O)CC3)cc1)C(=O)OCC. The Labute approximate surface area is 242 Å². The van der Waals surface area contributed by atoms with E-state index in [1.54, 1.807) is 26.8 Å². The van der Waals surface area contributed by atoms with Gasteiger partial charge in [0.05, 0.1) is 29.4 Å². The van der Waals surface area contributed by atoms with Crippen LogP contribution in [-0.4, -0.2) is 55.5 Å². The zero-order valence-corrected chi connectivity index (χ0v) is 24.3. The van der Waals surface area contributed by atoms with Gasteiger partial charge in [-0.25, -0.2) is 18.2 Å². The number of H-pyrrole nitrogens is 1. The van der Waals surface area contributed by atoms with E-state index in [9.17, 15) is 27.6 Å². The number of benzene rings is 2. The highest BCUT2D eigenvalue weighted by Crippen LogP contribution is 2.32. The number of hydrogen-bond acceptors (Lipinski definition) is 9. The van der Waals surface area contributed by atoms with Gasteiger partial charge in [0.2, 0.25) is 0 Å². The lowest BCUT2D eigenvalue weighted by molar-refractivity contribution is -0.146. The van der Waals surface area contributed by atoms with E-state index in [1.807, 2.05) is 0 Å². The summed E-state index contributed by atoms with van der Waals surface area (Å²) in [6, 6.07) is 9.20. The molecule has 0 spiro atoms. The molecular formula is C29H32N4O8S. The van der Waals surface area contributed by atoms with E-state index in [2.05, 4.69) is 20.0 Å². The summed E-state index contributed by atoms with van der Waals surface area (Å²) in [4.78, 5) is 56.6. The monoisotopic (exact) mass is 596 g/mol. The molecule has 1 aromatic heterocycles. The van der Waals surface area contributed by atoms with Crippen LogP contribution in [-0.2, 0) is 41.9 Å². The molecule has 222 valence electrons. The number of esters is 2. The van der Waals surface area contributed by atoms with Crippen molar-refractivity contribution in [2.24, 2.45) is 0 Å².